The summed E-state index contributed by atoms with van der Waals surface area (Å²) in [6.07, 6.45) is 6.63. The maximum atomic E-state index is 12.5. The topological polar surface area (TPSA) is 61.4 Å². The first-order valence-electron chi connectivity index (χ1n) is 8.22. The van der Waals surface area contributed by atoms with Crippen molar-refractivity contribution < 1.29 is 8.42 Å². The van der Waals surface area contributed by atoms with Crippen molar-refractivity contribution in [2.24, 2.45) is 5.92 Å². The highest BCUT2D eigenvalue weighted by atomic mass is 32.2. The number of rotatable bonds is 6. The van der Waals surface area contributed by atoms with Crippen molar-refractivity contribution in [1.29, 1.82) is 0 Å². The summed E-state index contributed by atoms with van der Waals surface area (Å²) >= 11 is 1.92. The molecule has 0 amide bonds. The van der Waals surface area contributed by atoms with Crippen molar-refractivity contribution >= 4 is 22.0 Å². The van der Waals surface area contributed by atoms with Crippen LogP contribution in [0.1, 0.15) is 38.5 Å². The monoisotopic (exact) mass is 333 g/mol. The van der Waals surface area contributed by atoms with Gasteiger partial charge >= 0.3 is 0 Å². The summed E-state index contributed by atoms with van der Waals surface area (Å²) in [5, 5.41) is 3.54. The third-order valence-corrected chi connectivity index (χ3v) is 7.32. The largest absolute Gasteiger partial charge is 0.314 e. The molecule has 1 atom stereocenters. The van der Waals surface area contributed by atoms with E-state index in [1.165, 1.54) is 12.8 Å². The molecule has 1 unspecified atom stereocenters. The highest BCUT2D eigenvalue weighted by Crippen LogP contribution is 2.23. The third kappa shape index (κ3) is 4.82. The summed E-state index contributed by atoms with van der Waals surface area (Å²) in [6, 6.07) is 0.844. The molecule has 0 aromatic heterocycles. The zero-order chi connectivity index (χ0) is 14.7. The lowest BCUT2D eigenvalue weighted by Gasteiger charge is -2.34. The number of thioether (sulfide) groups is 1. The number of piperidine rings is 1. The molecule has 2 aliphatic heterocycles. The van der Waals surface area contributed by atoms with Crippen molar-refractivity contribution in [2.75, 3.05) is 31.1 Å². The lowest BCUT2D eigenvalue weighted by Crippen LogP contribution is -2.50. The Balaban J connectivity index is 1.50. The van der Waals surface area contributed by atoms with Crippen LogP contribution in [0.25, 0.3) is 0 Å². The van der Waals surface area contributed by atoms with E-state index in [2.05, 4.69) is 10.0 Å². The van der Waals surface area contributed by atoms with Crippen molar-refractivity contribution in [1.82, 2.24) is 14.3 Å². The van der Waals surface area contributed by atoms with E-state index in [9.17, 15) is 8.42 Å². The summed E-state index contributed by atoms with van der Waals surface area (Å²) in [7, 11) is -3.29. The Morgan fingerprint density at radius 2 is 1.81 bits per heavy atom. The van der Waals surface area contributed by atoms with E-state index in [-0.39, 0.29) is 6.04 Å². The minimum Gasteiger partial charge on any atom is -0.314 e. The fraction of sp³-hybridized carbons (Fsp3) is 1.00. The molecule has 0 radical (unpaired) electrons. The second-order valence-corrected chi connectivity index (χ2v) is 9.49. The van der Waals surface area contributed by atoms with E-state index >= 15 is 0 Å². The summed E-state index contributed by atoms with van der Waals surface area (Å²) in [5.41, 5.74) is 0. The molecule has 0 aromatic rings. The van der Waals surface area contributed by atoms with Crippen LogP contribution in [0.4, 0.5) is 0 Å². The van der Waals surface area contributed by atoms with Gasteiger partial charge in [0.25, 0.3) is 10.2 Å². The third-order valence-electron chi connectivity index (χ3n) is 4.63. The van der Waals surface area contributed by atoms with Crippen LogP contribution >= 0.6 is 11.8 Å². The molecule has 7 heteroatoms. The molecule has 5 nitrogen and oxygen atoms in total. The Bertz CT molecular complexity index is 434. The van der Waals surface area contributed by atoms with Gasteiger partial charge in [0.05, 0.1) is 0 Å². The zero-order valence-electron chi connectivity index (χ0n) is 12.6. The van der Waals surface area contributed by atoms with E-state index in [0.29, 0.717) is 25.0 Å². The first kappa shape index (κ1) is 16.1. The molecule has 0 bridgehead atoms. The number of hydrogen-bond acceptors (Lipinski definition) is 4. The predicted octanol–water partition coefficient (Wildman–Crippen LogP) is 1.18. The van der Waals surface area contributed by atoms with E-state index in [0.717, 1.165) is 43.7 Å². The number of nitrogens with zero attached hydrogens (tertiary/aromatic N) is 1. The Kier molecular flexibility index (Phi) is 5.48. The van der Waals surface area contributed by atoms with E-state index in [1.54, 1.807) is 4.31 Å². The average molecular weight is 334 g/mol. The molecule has 2 N–H and O–H groups in total. The van der Waals surface area contributed by atoms with Crippen LogP contribution in [0.3, 0.4) is 0 Å². The van der Waals surface area contributed by atoms with Crippen molar-refractivity contribution in [2.45, 2.75) is 50.6 Å². The minimum atomic E-state index is -3.29. The molecule has 0 aromatic carbocycles. The fourth-order valence-electron chi connectivity index (χ4n) is 3.13. The Labute approximate surface area is 132 Å². The standard InChI is InChI=1S/C14H27N3O2S2/c18-21(19,16-14-5-8-20-9-6-14)17-7-1-2-12(11-17)10-15-13-3-4-13/h12-16H,1-11H2. The molecule has 3 aliphatic rings. The highest BCUT2D eigenvalue weighted by Gasteiger charge is 2.31. The molecule has 2 heterocycles. The van der Waals surface area contributed by atoms with Gasteiger partial charge in [-0.05, 0) is 62.5 Å². The van der Waals surface area contributed by atoms with Gasteiger partial charge < -0.3 is 5.32 Å². The maximum absolute atomic E-state index is 12.5. The van der Waals surface area contributed by atoms with Gasteiger partial charge in [0.15, 0.2) is 0 Å². The van der Waals surface area contributed by atoms with Crippen LogP contribution in [-0.2, 0) is 10.2 Å². The molecule has 122 valence electrons. The molecular weight excluding hydrogens is 306 g/mol. The predicted molar refractivity (Wildman–Crippen MR) is 87.7 cm³/mol. The first-order valence-corrected chi connectivity index (χ1v) is 10.8. The lowest BCUT2D eigenvalue weighted by atomic mass is 10.00. The van der Waals surface area contributed by atoms with E-state index in [4.69, 9.17) is 0 Å². The van der Waals surface area contributed by atoms with Gasteiger partial charge in [0, 0.05) is 25.2 Å². The van der Waals surface area contributed by atoms with Crippen LogP contribution in [0, 0.1) is 5.92 Å². The summed E-state index contributed by atoms with van der Waals surface area (Å²) in [5.74, 6) is 2.61. The van der Waals surface area contributed by atoms with Crippen molar-refractivity contribution in [3.05, 3.63) is 0 Å². The van der Waals surface area contributed by atoms with Gasteiger partial charge in [-0.3, -0.25) is 0 Å². The zero-order valence-corrected chi connectivity index (χ0v) is 14.2. The van der Waals surface area contributed by atoms with Gasteiger partial charge in [0.1, 0.15) is 0 Å². The fourth-order valence-corrected chi connectivity index (χ4v) is 5.82. The normalized spacial score (nSPS) is 29.6. The van der Waals surface area contributed by atoms with Gasteiger partial charge in [-0.25, -0.2) is 0 Å². The minimum absolute atomic E-state index is 0.140. The number of hydrogen-bond donors (Lipinski definition) is 2. The van der Waals surface area contributed by atoms with Crippen LogP contribution in [0.15, 0.2) is 0 Å². The molecular formula is C14H27N3O2S2. The summed E-state index contributed by atoms with van der Waals surface area (Å²) < 4.78 is 29.7. The van der Waals surface area contributed by atoms with Crippen molar-refractivity contribution in [3.8, 4) is 0 Å². The summed E-state index contributed by atoms with van der Waals surface area (Å²) in [4.78, 5) is 0. The SMILES string of the molecule is O=S(=O)(NC1CCSCC1)N1CCCC(CNC2CC2)C1. The van der Waals surface area contributed by atoms with E-state index < -0.39 is 10.2 Å². The van der Waals surface area contributed by atoms with Gasteiger partial charge in [0.2, 0.25) is 0 Å². The average Bonchev–Trinajstić information content (AvgIpc) is 3.30. The van der Waals surface area contributed by atoms with Crippen LogP contribution in [0.5, 0.6) is 0 Å². The van der Waals surface area contributed by atoms with Crippen LogP contribution in [0.2, 0.25) is 0 Å². The summed E-state index contributed by atoms with van der Waals surface area (Å²) in [6.45, 7) is 2.32. The molecule has 1 aliphatic carbocycles. The Morgan fingerprint density at radius 1 is 1.05 bits per heavy atom. The van der Waals surface area contributed by atoms with Crippen LogP contribution in [-0.4, -0.2) is 55.9 Å². The van der Waals surface area contributed by atoms with Crippen LogP contribution < -0.4 is 10.0 Å². The quantitative estimate of drug-likeness (QED) is 0.766. The van der Waals surface area contributed by atoms with Crippen molar-refractivity contribution in [3.63, 3.8) is 0 Å². The molecule has 0 spiro atoms. The molecule has 1 saturated carbocycles. The second-order valence-electron chi connectivity index (χ2n) is 6.56. The highest BCUT2D eigenvalue weighted by molar-refractivity contribution is 7.99. The van der Waals surface area contributed by atoms with Gasteiger partial charge in [-0.15, -0.1) is 0 Å². The maximum Gasteiger partial charge on any atom is 0.279 e. The first-order chi connectivity index (χ1) is 10.1. The molecule has 3 rings (SSSR count). The smallest absolute Gasteiger partial charge is 0.279 e. The Morgan fingerprint density at radius 3 is 2.52 bits per heavy atom. The Hall–Kier alpha value is 0.180. The van der Waals surface area contributed by atoms with Gasteiger partial charge in [-0.1, -0.05) is 0 Å². The molecule has 21 heavy (non-hydrogen) atoms. The molecule has 3 fully saturated rings. The second kappa shape index (κ2) is 7.17. The number of nitrogens with one attached hydrogen (secondary N) is 2. The lowest BCUT2D eigenvalue weighted by molar-refractivity contribution is 0.255. The molecule has 2 saturated heterocycles. The van der Waals surface area contributed by atoms with Gasteiger partial charge in [-0.2, -0.15) is 29.2 Å². The van der Waals surface area contributed by atoms with E-state index in [1.807, 2.05) is 11.8 Å².